The van der Waals surface area contributed by atoms with Crippen molar-refractivity contribution in [1.82, 2.24) is 0 Å². The molecule has 14 atom stereocenters. The Morgan fingerprint density at radius 2 is 1.58 bits per heavy atom. The minimum Gasteiger partial charge on any atom is -0.481 e. The molecule has 0 aromatic carbocycles. The van der Waals surface area contributed by atoms with Gasteiger partial charge >= 0.3 is 5.97 Å². The van der Waals surface area contributed by atoms with Crippen LogP contribution < -0.4 is 0 Å². The summed E-state index contributed by atoms with van der Waals surface area (Å²) in [6.45, 7) is 15.6. The number of aliphatic hydroxyl groups excluding tert-OH is 5. The molecule has 0 radical (unpaired) electrons. The molecule has 9 unspecified atom stereocenters. The van der Waals surface area contributed by atoms with Gasteiger partial charge in [-0.2, -0.15) is 0 Å². The average Bonchev–Trinajstić information content (AvgIpc) is 2.94. The third kappa shape index (κ3) is 4.54. The molecule has 256 valence electrons. The maximum atomic E-state index is 13.0. The van der Waals surface area contributed by atoms with E-state index in [0.717, 1.165) is 44.9 Å². The molecule has 9 heteroatoms. The molecule has 6 rings (SSSR count). The highest BCUT2D eigenvalue weighted by Crippen LogP contribution is 2.76. The topological polar surface area (TPSA) is 157 Å². The third-order valence-corrected chi connectivity index (χ3v) is 15.2. The van der Waals surface area contributed by atoms with Gasteiger partial charge in [-0.15, -0.1) is 0 Å². The SMILES string of the molecule is CC1(C)CCC2(C(=O)O)C(O)CC3(C)C(=CCC4C5(C)CCC(O[C@@H]6O[C@H](CO)[C@@H](O)[C@@H](O)[C@H]6O)C(C)(C)C5CCC43C)C2C1. The van der Waals surface area contributed by atoms with E-state index in [1.807, 2.05) is 0 Å². The summed E-state index contributed by atoms with van der Waals surface area (Å²) in [6, 6.07) is 0. The monoisotopic (exact) mass is 634 g/mol. The Kier molecular flexibility index (Phi) is 8.05. The van der Waals surface area contributed by atoms with Crippen molar-refractivity contribution in [3.8, 4) is 0 Å². The molecule has 0 aromatic rings. The van der Waals surface area contributed by atoms with Crippen molar-refractivity contribution in [1.29, 1.82) is 0 Å². The first-order chi connectivity index (χ1) is 20.8. The van der Waals surface area contributed by atoms with Gasteiger partial charge in [0.05, 0.1) is 18.8 Å². The summed E-state index contributed by atoms with van der Waals surface area (Å²) < 4.78 is 12.2. The lowest BCUT2D eigenvalue weighted by atomic mass is 9.33. The molecule has 1 saturated heterocycles. The predicted octanol–water partition coefficient (Wildman–Crippen LogP) is 4.03. The van der Waals surface area contributed by atoms with Crippen molar-refractivity contribution in [2.24, 2.45) is 50.2 Å². The van der Waals surface area contributed by atoms with E-state index in [2.05, 4.69) is 54.5 Å². The highest BCUT2D eigenvalue weighted by Gasteiger charge is 2.71. The fraction of sp³-hybridized carbons (Fsp3) is 0.917. The van der Waals surface area contributed by atoms with E-state index >= 15 is 0 Å². The van der Waals surface area contributed by atoms with Crippen molar-refractivity contribution in [2.75, 3.05) is 6.61 Å². The Bertz CT molecular complexity index is 1210. The highest BCUT2D eigenvalue weighted by atomic mass is 16.7. The van der Waals surface area contributed by atoms with E-state index in [1.165, 1.54) is 5.57 Å². The second kappa shape index (κ2) is 10.7. The van der Waals surface area contributed by atoms with Gasteiger partial charge in [-0.25, -0.2) is 0 Å². The molecule has 0 aromatic heterocycles. The predicted molar refractivity (Wildman–Crippen MR) is 167 cm³/mol. The Hall–Kier alpha value is -1.07. The minimum atomic E-state index is -1.47. The molecule has 9 nitrogen and oxygen atoms in total. The summed E-state index contributed by atoms with van der Waals surface area (Å²) in [7, 11) is 0. The van der Waals surface area contributed by atoms with Crippen molar-refractivity contribution in [3.05, 3.63) is 11.6 Å². The van der Waals surface area contributed by atoms with Crippen molar-refractivity contribution < 1.29 is 44.9 Å². The summed E-state index contributed by atoms with van der Waals surface area (Å²) in [5.74, 6) is -0.382. The number of hydrogen-bond acceptors (Lipinski definition) is 8. The van der Waals surface area contributed by atoms with E-state index in [1.54, 1.807) is 0 Å². The molecular weight excluding hydrogens is 576 g/mol. The normalized spacial score (nSPS) is 53.6. The number of hydrogen-bond donors (Lipinski definition) is 6. The Labute approximate surface area is 268 Å². The number of carbonyl (C=O) groups is 1. The van der Waals surface area contributed by atoms with Gasteiger partial charge in [0.25, 0.3) is 0 Å². The molecule has 6 N–H and O–H groups in total. The van der Waals surface area contributed by atoms with Crippen LogP contribution in [-0.4, -0.2) is 86.1 Å². The van der Waals surface area contributed by atoms with Gasteiger partial charge in [-0.1, -0.05) is 60.1 Å². The van der Waals surface area contributed by atoms with Crippen LogP contribution in [0.4, 0.5) is 0 Å². The van der Waals surface area contributed by atoms with Crippen LogP contribution in [-0.2, 0) is 14.3 Å². The number of fused-ring (bicyclic) bond motifs is 7. The van der Waals surface area contributed by atoms with E-state index in [4.69, 9.17) is 9.47 Å². The highest BCUT2D eigenvalue weighted by molar-refractivity contribution is 5.77. The summed E-state index contributed by atoms with van der Waals surface area (Å²) in [5, 5.41) is 63.5. The van der Waals surface area contributed by atoms with Gasteiger partial charge < -0.3 is 40.1 Å². The van der Waals surface area contributed by atoms with Gasteiger partial charge in [-0.05, 0) is 103 Å². The van der Waals surface area contributed by atoms with Crippen LogP contribution in [0.25, 0.3) is 0 Å². The lowest BCUT2D eigenvalue weighted by Crippen LogP contribution is -2.68. The molecule has 1 heterocycles. The van der Waals surface area contributed by atoms with E-state index < -0.39 is 54.8 Å². The molecule has 0 bridgehead atoms. The van der Waals surface area contributed by atoms with Gasteiger partial charge in [0.15, 0.2) is 6.29 Å². The standard InChI is InChI=1S/C36H58O9/c1-31(2)14-15-36(30(42)43)20(16-31)19-8-9-23-33(5)12-11-25(45-29-28(41)27(40)26(39)21(18-37)44-29)32(3,4)22(33)10-13-34(23,6)35(19,7)17-24(36)38/h8,20-29,37-41H,9-18H2,1-7H3,(H,42,43)/t20?,21-,22?,23?,24?,25?,26-,27-,28-,29+,33?,34?,35?,36?/m1/s1. The number of carboxylic acids is 1. The van der Waals surface area contributed by atoms with Crippen molar-refractivity contribution in [2.45, 2.75) is 149 Å². The van der Waals surface area contributed by atoms with Crippen LogP contribution in [0.15, 0.2) is 11.6 Å². The number of ether oxygens (including phenoxy) is 2. The largest absolute Gasteiger partial charge is 0.481 e. The van der Waals surface area contributed by atoms with Gasteiger partial charge in [0.1, 0.15) is 29.8 Å². The molecule has 0 amide bonds. The first-order valence-electron chi connectivity index (χ1n) is 17.4. The Morgan fingerprint density at radius 1 is 0.889 bits per heavy atom. The number of rotatable bonds is 4. The molecular formula is C36H58O9. The van der Waals surface area contributed by atoms with Gasteiger partial charge in [0, 0.05) is 0 Å². The number of carboxylic acid groups (broad SMARTS) is 1. The molecule has 1 aliphatic heterocycles. The molecule has 4 saturated carbocycles. The lowest BCUT2D eigenvalue weighted by Gasteiger charge is -2.71. The zero-order valence-electron chi connectivity index (χ0n) is 28.3. The molecule has 0 spiro atoms. The van der Waals surface area contributed by atoms with Crippen LogP contribution in [0.3, 0.4) is 0 Å². The zero-order valence-corrected chi connectivity index (χ0v) is 28.3. The van der Waals surface area contributed by atoms with Crippen LogP contribution in [0.1, 0.15) is 106 Å². The molecule has 5 fully saturated rings. The number of aliphatic carboxylic acids is 1. The second-order valence-electron chi connectivity index (χ2n) is 18.0. The van der Waals surface area contributed by atoms with Gasteiger partial charge in [0.2, 0.25) is 0 Å². The Morgan fingerprint density at radius 3 is 2.22 bits per heavy atom. The lowest BCUT2D eigenvalue weighted by molar-refractivity contribution is -0.330. The van der Waals surface area contributed by atoms with Crippen LogP contribution in [0.5, 0.6) is 0 Å². The van der Waals surface area contributed by atoms with Crippen molar-refractivity contribution in [3.63, 3.8) is 0 Å². The molecule has 6 aliphatic rings. The summed E-state index contributed by atoms with van der Waals surface area (Å²) in [6.07, 6.45) is 1.79. The third-order valence-electron chi connectivity index (χ3n) is 15.2. The van der Waals surface area contributed by atoms with Crippen LogP contribution in [0, 0.1) is 50.2 Å². The zero-order chi connectivity index (χ0) is 33.1. The van der Waals surface area contributed by atoms with E-state index in [0.29, 0.717) is 24.7 Å². The fourth-order valence-corrected chi connectivity index (χ4v) is 12.3. The first-order valence-corrected chi connectivity index (χ1v) is 17.4. The number of aliphatic hydroxyl groups is 5. The van der Waals surface area contributed by atoms with E-state index in [-0.39, 0.29) is 39.1 Å². The van der Waals surface area contributed by atoms with Crippen molar-refractivity contribution >= 4 is 5.97 Å². The first kappa shape index (κ1) is 33.8. The summed E-state index contributed by atoms with van der Waals surface area (Å²) in [4.78, 5) is 13.0. The fourth-order valence-electron chi connectivity index (χ4n) is 12.3. The number of allylic oxidation sites excluding steroid dienone is 2. The minimum absolute atomic E-state index is 0.0210. The second-order valence-corrected chi connectivity index (χ2v) is 18.0. The van der Waals surface area contributed by atoms with Gasteiger partial charge in [-0.3, -0.25) is 4.79 Å². The van der Waals surface area contributed by atoms with Crippen LogP contribution >= 0.6 is 0 Å². The van der Waals surface area contributed by atoms with E-state index in [9.17, 15) is 35.4 Å². The molecule has 5 aliphatic carbocycles. The Balaban J connectivity index is 1.31. The quantitative estimate of drug-likeness (QED) is 0.199. The smallest absolute Gasteiger partial charge is 0.312 e. The van der Waals surface area contributed by atoms with Crippen LogP contribution in [0.2, 0.25) is 0 Å². The maximum absolute atomic E-state index is 13.0. The summed E-state index contributed by atoms with van der Waals surface area (Å²) in [5.41, 5.74) is -0.571. The average molecular weight is 635 g/mol. The molecule has 45 heavy (non-hydrogen) atoms. The summed E-state index contributed by atoms with van der Waals surface area (Å²) >= 11 is 0. The maximum Gasteiger partial charge on any atom is 0.312 e.